The number of phenolic OH excluding ortho intramolecular Hbond substituents is 1. The van der Waals surface area contributed by atoms with Crippen molar-refractivity contribution in [3.63, 3.8) is 0 Å². The lowest BCUT2D eigenvalue weighted by molar-refractivity contribution is -0.119. The van der Waals surface area contributed by atoms with Gasteiger partial charge in [0.05, 0.1) is 11.9 Å². The zero-order valence-electron chi connectivity index (χ0n) is 11.3. The summed E-state index contributed by atoms with van der Waals surface area (Å²) in [6, 6.07) is 6.26. The molecule has 0 radical (unpaired) electrons. The van der Waals surface area contributed by atoms with Crippen molar-refractivity contribution in [2.24, 2.45) is 0 Å². The van der Waals surface area contributed by atoms with Crippen molar-refractivity contribution in [1.29, 1.82) is 0 Å². The summed E-state index contributed by atoms with van der Waals surface area (Å²) in [6.07, 6.45) is -0.878. The average molecular weight is 309 g/mol. The molecule has 1 amide bonds. The first-order valence-corrected chi connectivity index (χ1v) is 7.20. The molecule has 3 N–H and O–H groups in total. The van der Waals surface area contributed by atoms with Crippen LogP contribution in [-0.4, -0.2) is 38.6 Å². The lowest BCUT2D eigenvalue weighted by Crippen LogP contribution is -2.29. The van der Waals surface area contributed by atoms with E-state index in [1.165, 1.54) is 12.1 Å². The minimum absolute atomic E-state index is 0.0612. The van der Waals surface area contributed by atoms with Gasteiger partial charge in [-0.2, -0.15) is 0 Å². The molecule has 0 aliphatic carbocycles. The highest BCUT2D eigenvalue weighted by atomic mass is 32.2. The maximum atomic E-state index is 11.6. The van der Waals surface area contributed by atoms with E-state index in [1.54, 1.807) is 19.1 Å². The van der Waals surface area contributed by atoms with Crippen LogP contribution in [0.4, 0.5) is 0 Å². The Hall–Kier alpha value is -2.06. The van der Waals surface area contributed by atoms with Crippen LogP contribution >= 0.6 is 11.8 Å². The van der Waals surface area contributed by atoms with Crippen LogP contribution in [0.1, 0.15) is 17.6 Å². The van der Waals surface area contributed by atoms with Crippen molar-refractivity contribution in [3.05, 3.63) is 35.7 Å². The van der Waals surface area contributed by atoms with Crippen molar-refractivity contribution < 1.29 is 19.4 Å². The molecule has 1 aromatic heterocycles. The smallest absolute Gasteiger partial charge is 0.277 e. The molecule has 21 heavy (non-hydrogen) atoms. The Balaban J connectivity index is 1.75. The zero-order chi connectivity index (χ0) is 15.2. The van der Waals surface area contributed by atoms with Crippen LogP contribution in [-0.2, 0) is 4.79 Å². The van der Waals surface area contributed by atoms with E-state index in [1.807, 2.05) is 0 Å². The normalized spacial score (nSPS) is 12.1. The summed E-state index contributed by atoms with van der Waals surface area (Å²) in [5.41, 5.74) is 0.537. The van der Waals surface area contributed by atoms with Gasteiger partial charge >= 0.3 is 0 Å². The second-order valence-electron chi connectivity index (χ2n) is 4.29. The van der Waals surface area contributed by atoms with Crippen molar-refractivity contribution in [3.8, 4) is 5.75 Å². The lowest BCUT2D eigenvalue weighted by atomic mass is 10.1. The molecule has 8 heteroatoms. The molecule has 2 aromatic rings. The molecule has 1 unspecified atom stereocenters. The third kappa shape index (κ3) is 4.76. The Morgan fingerprint density at radius 2 is 2.29 bits per heavy atom. The third-order valence-corrected chi connectivity index (χ3v) is 3.40. The van der Waals surface area contributed by atoms with Crippen molar-refractivity contribution >= 4 is 17.7 Å². The summed E-state index contributed by atoms with van der Waals surface area (Å²) in [5, 5.41) is 29.6. The molecule has 0 saturated heterocycles. The summed E-state index contributed by atoms with van der Waals surface area (Å²) in [6.45, 7) is 1.73. The Morgan fingerprint density at radius 1 is 1.48 bits per heavy atom. The highest BCUT2D eigenvalue weighted by Crippen LogP contribution is 2.18. The van der Waals surface area contributed by atoms with Gasteiger partial charge in [-0.05, 0) is 17.7 Å². The SMILES string of the molecule is Cc1nnc(SCC(=O)NCC(O)c2cccc(O)c2)o1. The Morgan fingerprint density at radius 3 is 2.95 bits per heavy atom. The number of amides is 1. The van der Waals surface area contributed by atoms with E-state index in [4.69, 9.17) is 4.42 Å². The molecule has 0 bridgehead atoms. The van der Waals surface area contributed by atoms with Crippen molar-refractivity contribution in [2.45, 2.75) is 18.3 Å². The van der Waals surface area contributed by atoms with Crippen LogP contribution in [0.3, 0.4) is 0 Å². The number of carbonyl (C=O) groups is 1. The summed E-state index contributed by atoms with van der Waals surface area (Å²) in [7, 11) is 0. The number of aliphatic hydroxyl groups excluding tert-OH is 1. The molecule has 1 aromatic carbocycles. The molecule has 0 fully saturated rings. The number of hydrogen-bond acceptors (Lipinski definition) is 7. The number of nitrogens with one attached hydrogen (secondary N) is 1. The van der Waals surface area contributed by atoms with E-state index < -0.39 is 6.10 Å². The molecule has 1 heterocycles. The van der Waals surface area contributed by atoms with E-state index in [-0.39, 0.29) is 24.0 Å². The topological polar surface area (TPSA) is 108 Å². The summed E-state index contributed by atoms with van der Waals surface area (Å²) in [5.74, 6) is 0.376. The highest BCUT2D eigenvalue weighted by Gasteiger charge is 2.11. The predicted molar refractivity (Wildman–Crippen MR) is 75.8 cm³/mol. The highest BCUT2D eigenvalue weighted by molar-refractivity contribution is 7.99. The minimum atomic E-state index is -0.878. The van der Waals surface area contributed by atoms with Crippen LogP contribution in [0.15, 0.2) is 33.9 Å². The van der Waals surface area contributed by atoms with Crippen LogP contribution in [0.2, 0.25) is 0 Å². The number of rotatable bonds is 6. The number of nitrogens with zero attached hydrogens (tertiary/aromatic N) is 2. The molecule has 112 valence electrons. The quantitative estimate of drug-likeness (QED) is 0.684. The van der Waals surface area contributed by atoms with Crippen LogP contribution in [0, 0.1) is 6.92 Å². The number of aromatic nitrogens is 2. The van der Waals surface area contributed by atoms with Crippen LogP contribution in [0.5, 0.6) is 5.75 Å². The lowest BCUT2D eigenvalue weighted by Gasteiger charge is -2.12. The van der Waals surface area contributed by atoms with Crippen LogP contribution < -0.4 is 5.32 Å². The molecule has 1 atom stereocenters. The molecule has 7 nitrogen and oxygen atoms in total. The van der Waals surface area contributed by atoms with Gasteiger partial charge in [-0.25, -0.2) is 0 Å². The van der Waals surface area contributed by atoms with Gasteiger partial charge in [-0.15, -0.1) is 10.2 Å². The molecule has 0 spiro atoms. The van der Waals surface area contributed by atoms with E-state index in [9.17, 15) is 15.0 Å². The Labute approximate surface area is 125 Å². The van der Waals surface area contributed by atoms with Gasteiger partial charge in [0.2, 0.25) is 11.8 Å². The van der Waals surface area contributed by atoms with E-state index in [0.717, 1.165) is 11.8 Å². The van der Waals surface area contributed by atoms with Gasteiger partial charge < -0.3 is 19.9 Å². The van der Waals surface area contributed by atoms with Gasteiger partial charge in [0, 0.05) is 13.5 Å². The van der Waals surface area contributed by atoms with Gasteiger partial charge in [0.25, 0.3) is 5.22 Å². The van der Waals surface area contributed by atoms with E-state index >= 15 is 0 Å². The molecular weight excluding hydrogens is 294 g/mol. The Kier molecular flexibility index (Phi) is 5.18. The largest absolute Gasteiger partial charge is 0.508 e. The Bertz CT molecular complexity index is 617. The van der Waals surface area contributed by atoms with Crippen molar-refractivity contribution in [2.75, 3.05) is 12.3 Å². The number of thioether (sulfide) groups is 1. The maximum absolute atomic E-state index is 11.6. The van der Waals surface area contributed by atoms with Gasteiger partial charge in [0.1, 0.15) is 5.75 Å². The van der Waals surface area contributed by atoms with E-state index in [0.29, 0.717) is 16.7 Å². The predicted octanol–water partition coefficient (Wildman–Crippen LogP) is 1.03. The van der Waals surface area contributed by atoms with Gasteiger partial charge in [-0.1, -0.05) is 23.9 Å². The standard InChI is InChI=1S/C13H15N3O4S/c1-8-15-16-13(20-8)21-7-12(19)14-6-11(18)9-3-2-4-10(17)5-9/h2-5,11,17-18H,6-7H2,1H3,(H,14,19). The van der Waals surface area contributed by atoms with Gasteiger partial charge in [0.15, 0.2) is 0 Å². The first kappa shape index (κ1) is 15.3. The maximum Gasteiger partial charge on any atom is 0.277 e. The zero-order valence-corrected chi connectivity index (χ0v) is 12.1. The number of benzene rings is 1. The monoisotopic (exact) mass is 309 g/mol. The summed E-state index contributed by atoms with van der Waals surface area (Å²) < 4.78 is 5.13. The fourth-order valence-corrected chi connectivity index (χ4v) is 2.21. The molecule has 2 rings (SSSR count). The number of aryl methyl sites for hydroxylation is 1. The second kappa shape index (κ2) is 7.09. The first-order valence-electron chi connectivity index (χ1n) is 6.21. The average Bonchev–Trinajstić information content (AvgIpc) is 2.88. The second-order valence-corrected chi connectivity index (χ2v) is 5.22. The number of hydrogen-bond donors (Lipinski definition) is 3. The van der Waals surface area contributed by atoms with Crippen LogP contribution in [0.25, 0.3) is 0 Å². The minimum Gasteiger partial charge on any atom is -0.508 e. The fourth-order valence-electron chi connectivity index (χ4n) is 1.58. The molecule has 0 aliphatic heterocycles. The molecule has 0 saturated carbocycles. The number of aromatic hydroxyl groups is 1. The number of aliphatic hydroxyl groups is 1. The molecule has 0 aliphatic rings. The van der Waals surface area contributed by atoms with Gasteiger partial charge in [-0.3, -0.25) is 4.79 Å². The van der Waals surface area contributed by atoms with Crippen molar-refractivity contribution in [1.82, 2.24) is 15.5 Å². The first-order chi connectivity index (χ1) is 10.0. The number of carbonyl (C=O) groups excluding carboxylic acids is 1. The fraction of sp³-hybridized carbons (Fsp3) is 0.308. The summed E-state index contributed by atoms with van der Waals surface area (Å²) in [4.78, 5) is 11.6. The number of phenols is 1. The summed E-state index contributed by atoms with van der Waals surface area (Å²) >= 11 is 1.13. The van der Waals surface area contributed by atoms with E-state index in [2.05, 4.69) is 15.5 Å². The molecular formula is C13H15N3O4S. The third-order valence-electron chi connectivity index (χ3n) is 2.58.